The summed E-state index contributed by atoms with van der Waals surface area (Å²) >= 11 is 1.45. The zero-order chi connectivity index (χ0) is 25.6. The Bertz CT molecular complexity index is 1730. The summed E-state index contributed by atoms with van der Waals surface area (Å²) in [6, 6.07) is 19.1. The summed E-state index contributed by atoms with van der Waals surface area (Å²) in [5.74, 6) is 0.817. The monoisotopic (exact) mass is 496 g/mol. The Hall–Kier alpha value is -3.64. The minimum absolute atomic E-state index is 0.108. The third-order valence-corrected chi connectivity index (χ3v) is 7.39. The van der Waals surface area contributed by atoms with E-state index in [2.05, 4.69) is 26.0 Å². The van der Waals surface area contributed by atoms with Crippen LogP contribution in [0.25, 0.3) is 27.6 Å². The maximum absolute atomic E-state index is 13.7. The maximum Gasteiger partial charge on any atom is 0.336 e. The van der Waals surface area contributed by atoms with Gasteiger partial charge in [0.2, 0.25) is 0 Å². The second-order valence-corrected chi connectivity index (χ2v) is 10.6. The molecule has 0 amide bonds. The zero-order valence-electron chi connectivity index (χ0n) is 21.1. The molecule has 0 radical (unpaired) electrons. The van der Waals surface area contributed by atoms with Crippen molar-refractivity contribution in [2.24, 2.45) is 0 Å². The second kappa shape index (κ2) is 9.43. The highest BCUT2D eigenvalue weighted by atomic mass is 32.2. The third-order valence-electron chi connectivity index (χ3n) is 6.41. The van der Waals surface area contributed by atoms with E-state index in [4.69, 9.17) is 9.40 Å². The van der Waals surface area contributed by atoms with Crippen LogP contribution in [0.1, 0.15) is 47.6 Å². The van der Waals surface area contributed by atoms with Crippen LogP contribution in [0.4, 0.5) is 0 Å². The standard InChI is InChI=1S/C30H28N2O3S/c1-17(2)24-15-25-21(14-28(33)35-27(25)13-20(24)5)16-36-30-31-26-9-7-6-8-23(26)29(34)32(30)22-11-18(3)10-19(4)12-22/h6-15,17H,16H2,1-5H3. The molecule has 0 bridgehead atoms. The van der Waals surface area contributed by atoms with Gasteiger partial charge in [0.1, 0.15) is 5.58 Å². The van der Waals surface area contributed by atoms with Crippen LogP contribution in [0.5, 0.6) is 0 Å². The molecule has 182 valence electrons. The van der Waals surface area contributed by atoms with E-state index in [1.165, 1.54) is 17.3 Å². The lowest BCUT2D eigenvalue weighted by Gasteiger charge is -2.15. The first kappa shape index (κ1) is 24.1. The molecule has 0 aliphatic carbocycles. The molecule has 0 aliphatic rings. The van der Waals surface area contributed by atoms with Crippen molar-refractivity contribution in [3.63, 3.8) is 0 Å². The predicted molar refractivity (Wildman–Crippen MR) is 148 cm³/mol. The van der Waals surface area contributed by atoms with Crippen LogP contribution in [0.3, 0.4) is 0 Å². The minimum atomic E-state index is -0.382. The lowest BCUT2D eigenvalue weighted by Crippen LogP contribution is -2.22. The Morgan fingerprint density at radius 2 is 1.64 bits per heavy atom. The molecule has 36 heavy (non-hydrogen) atoms. The Morgan fingerprint density at radius 3 is 2.36 bits per heavy atom. The van der Waals surface area contributed by atoms with Gasteiger partial charge in [0.25, 0.3) is 5.56 Å². The zero-order valence-corrected chi connectivity index (χ0v) is 21.9. The normalized spacial score (nSPS) is 11.6. The third kappa shape index (κ3) is 4.49. The first-order valence-electron chi connectivity index (χ1n) is 12.0. The molecule has 0 fully saturated rings. The summed E-state index contributed by atoms with van der Waals surface area (Å²) in [4.78, 5) is 30.9. The van der Waals surface area contributed by atoms with Crippen LogP contribution < -0.4 is 11.2 Å². The van der Waals surface area contributed by atoms with Gasteiger partial charge in [0.05, 0.1) is 16.6 Å². The molecule has 6 heteroatoms. The van der Waals surface area contributed by atoms with Gasteiger partial charge in [0, 0.05) is 17.2 Å². The van der Waals surface area contributed by atoms with Crippen molar-refractivity contribution in [3.05, 3.63) is 109 Å². The van der Waals surface area contributed by atoms with Crippen LogP contribution >= 0.6 is 11.8 Å². The van der Waals surface area contributed by atoms with Crippen LogP contribution in [0.15, 0.2) is 79.8 Å². The number of hydrogen-bond acceptors (Lipinski definition) is 5. The SMILES string of the molecule is Cc1cc(C)cc(-n2c(SCc3cc(=O)oc4cc(C)c(C(C)C)cc34)nc3ccccc3c2=O)c1. The van der Waals surface area contributed by atoms with Crippen molar-refractivity contribution in [1.29, 1.82) is 0 Å². The molecule has 0 spiro atoms. The van der Waals surface area contributed by atoms with Crippen molar-refractivity contribution < 1.29 is 4.42 Å². The molecule has 2 aromatic heterocycles. The summed E-state index contributed by atoms with van der Waals surface area (Å²) in [6.45, 7) is 10.4. The summed E-state index contributed by atoms with van der Waals surface area (Å²) in [5.41, 5.74) is 6.86. The number of rotatable bonds is 5. The van der Waals surface area contributed by atoms with E-state index in [0.29, 0.717) is 33.3 Å². The van der Waals surface area contributed by atoms with Gasteiger partial charge >= 0.3 is 5.63 Å². The summed E-state index contributed by atoms with van der Waals surface area (Å²) in [5, 5.41) is 2.07. The van der Waals surface area contributed by atoms with E-state index < -0.39 is 0 Å². The van der Waals surface area contributed by atoms with Gasteiger partial charge in [-0.2, -0.15) is 0 Å². The highest BCUT2D eigenvalue weighted by Crippen LogP contribution is 2.31. The topological polar surface area (TPSA) is 65.1 Å². The average Bonchev–Trinajstić information content (AvgIpc) is 2.81. The molecular formula is C30H28N2O3S. The average molecular weight is 497 g/mol. The number of benzene rings is 3. The largest absolute Gasteiger partial charge is 0.423 e. The quantitative estimate of drug-likeness (QED) is 0.152. The van der Waals surface area contributed by atoms with Gasteiger partial charge in [-0.1, -0.05) is 43.8 Å². The molecule has 0 atom stereocenters. The summed E-state index contributed by atoms with van der Waals surface area (Å²) in [7, 11) is 0. The van der Waals surface area contributed by atoms with Crippen LogP contribution in [0.2, 0.25) is 0 Å². The molecule has 3 aromatic carbocycles. The van der Waals surface area contributed by atoms with E-state index >= 15 is 0 Å². The van der Waals surface area contributed by atoms with Gasteiger partial charge in [0.15, 0.2) is 5.16 Å². The molecule has 2 heterocycles. The smallest absolute Gasteiger partial charge is 0.336 e. The first-order valence-corrected chi connectivity index (χ1v) is 13.0. The molecule has 0 saturated heterocycles. The highest BCUT2D eigenvalue weighted by molar-refractivity contribution is 7.98. The lowest BCUT2D eigenvalue weighted by molar-refractivity contribution is 0.559. The minimum Gasteiger partial charge on any atom is -0.423 e. The fraction of sp³-hybridized carbons (Fsp3) is 0.233. The summed E-state index contributed by atoms with van der Waals surface area (Å²) < 4.78 is 7.22. The molecule has 5 rings (SSSR count). The molecule has 0 aliphatic heterocycles. The van der Waals surface area contributed by atoms with Crippen LogP contribution in [-0.4, -0.2) is 9.55 Å². The van der Waals surface area contributed by atoms with E-state index in [9.17, 15) is 9.59 Å². The first-order chi connectivity index (χ1) is 17.2. The summed E-state index contributed by atoms with van der Waals surface area (Å²) in [6.07, 6.45) is 0. The van der Waals surface area contributed by atoms with Crippen LogP contribution in [0, 0.1) is 20.8 Å². The number of para-hydroxylation sites is 1. The van der Waals surface area contributed by atoms with E-state index in [1.807, 2.05) is 63.2 Å². The van der Waals surface area contributed by atoms with E-state index in [1.54, 1.807) is 10.6 Å². The lowest BCUT2D eigenvalue weighted by atomic mass is 9.95. The second-order valence-electron chi connectivity index (χ2n) is 9.64. The molecule has 0 unspecified atom stereocenters. The molecule has 5 aromatic rings. The van der Waals surface area contributed by atoms with Crippen LogP contribution in [-0.2, 0) is 5.75 Å². The van der Waals surface area contributed by atoms with Crippen molar-refractivity contribution in [2.45, 2.75) is 51.4 Å². The van der Waals surface area contributed by atoms with Crippen molar-refractivity contribution in [3.8, 4) is 5.69 Å². The molecule has 0 saturated carbocycles. The highest BCUT2D eigenvalue weighted by Gasteiger charge is 2.16. The Kier molecular flexibility index (Phi) is 6.31. The number of aromatic nitrogens is 2. The van der Waals surface area contributed by atoms with E-state index in [-0.39, 0.29) is 11.2 Å². The molecule has 0 N–H and O–H groups in total. The molecular weight excluding hydrogens is 468 g/mol. The number of hydrogen-bond donors (Lipinski definition) is 0. The fourth-order valence-corrected chi connectivity index (χ4v) is 5.80. The number of fused-ring (bicyclic) bond motifs is 2. The van der Waals surface area contributed by atoms with Crippen molar-refractivity contribution in [1.82, 2.24) is 9.55 Å². The molecule has 5 nitrogen and oxygen atoms in total. The number of thioether (sulfide) groups is 1. The number of aryl methyl sites for hydroxylation is 3. The van der Waals surface area contributed by atoms with Gasteiger partial charge in [-0.3, -0.25) is 9.36 Å². The van der Waals surface area contributed by atoms with Gasteiger partial charge < -0.3 is 4.42 Å². The van der Waals surface area contributed by atoms with E-state index in [0.717, 1.165) is 33.3 Å². The van der Waals surface area contributed by atoms with Gasteiger partial charge in [-0.05, 0) is 90.9 Å². The van der Waals surface area contributed by atoms with Gasteiger partial charge in [-0.15, -0.1) is 0 Å². The Balaban J connectivity index is 1.67. The number of nitrogens with zero attached hydrogens (tertiary/aromatic N) is 2. The Morgan fingerprint density at radius 1 is 0.917 bits per heavy atom. The predicted octanol–water partition coefficient (Wildman–Crippen LogP) is 6.83. The van der Waals surface area contributed by atoms with Crippen molar-refractivity contribution in [2.75, 3.05) is 0 Å². The fourth-order valence-electron chi connectivity index (χ4n) is 4.79. The maximum atomic E-state index is 13.7. The van der Waals surface area contributed by atoms with Gasteiger partial charge in [-0.25, -0.2) is 9.78 Å². The Labute approximate surface area is 213 Å². The van der Waals surface area contributed by atoms with Crippen molar-refractivity contribution >= 4 is 33.6 Å².